The lowest BCUT2D eigenvalue weighted by Gasteiger charge is -2.15. The molecule has 92 valence electrons. The minimum Gasteiger partial charge on any atom is -0.479 e. The first-order valence-electron chi connectivity index (χ1n) is 5.71. The van der Waals surface area contributed by atoms with Crippen LogP contribution in [-0.4, -0.2) is 13.2 Å². The smallest absolute Gasteiger partial charge is 0.174 e. The van der Waals surface area contributed by atoms with E-state index in [0.717, 1.165) is 13.0 Å². The summed E-state index contributed by atoms with van der Waals surface area (Å²) < 4.78 is 18.8. The maximum atomic E-state index is 13.8. The van der Waals surface area contributed by atoms with E-state index in [1.807, 2.05) is 13.0 Å². The number of benzene rings is 1. The maximum absolute atomic E-state index is 13.8. The Hall–Kier alpha value is -1.60. The van der Waals surface area contributed by atoms with Gasteiger partial charge in [0, 0.05) is 17.7 Å². The fourth-order valence-electron chi connectivity index (χ4n) is 1.54. The predicted molar refractivity (Wildman–Crippen MR) is 64.2 cm³/mol. The number of hydrogen-bond acceptors (Lipinski definition) is 3. The molecule has 1 N–H and O–H groups in total. The van der Waals surface area contributed by atoms with Gasteiger partial charge >= 0.3 is 0 Å². The van der Waals surface area contributed by atoms with E-state index in [9.17, 15) is 4.39 Å². The molecule has 0 radical (unpaired) electrons. The predicted octanol–water partition coefficient (Wildman–Crippen LogP) is 2.79. The molecule has 0 saturated carbocycles. The molecule has 1 aromatic carbocycles. The normalized spacial score (nSPS) is 11.9. The minimum atomic E-state index is -0.309. The van der Waals surface area contributed by atoms with Gasteiger partial charge in [-0.1, -0.05) is 13.0 Å². The highest BCUT2D eigenvalue weighted by Crippen LogP contribution is 2.21. The van der Waals surface area contributed by atoms with E-state index in [-0.39, 0.29) is 18.5 Å². The van der Waals surface area contributed by atoms with Crippen LogP contribution in [0.2, 0.25) is 0 Å². The molecule has 17 heavy (non-hydrogen) atoms. The molecule has 0 saturated heterocycles. The lowest BCUT2D eigenvalue weighted by molar-refractivity contribution is 0.365. The molecule has 1 aromatic rings. The van der Waals surface area contributed by atoms with Gasteiger partial charge in [-0.3, -0.25) is 0 Å². The summed E-state index contributed by atoms with van der Waals surface area (Å²) in [6.07, 6.45) is 1.01. The molecule has 0 aliphatic rings. The zero-order valence-corrected chi connectivity index (χ0v) is 10.2. The van der Waals surface area contributed by atoms with Gasteiger partial charge in [0.05, 0.1) is 0 Å². The van der Waals surface area contributed by atoms with Crippen LogP contribution in [0, 0.1) is 17.1 Å². The SMILES string of the molecule is CCCNC(C)c1ccc(OCC#N)cc1F. The summed E-state index contributed by atoms with van der Waals surface area (Å²) in [7, 11) is 0. The summed E-state index contributed by atoms with van der Waals surface area (Å²) in [6.45, 7) is 4.77. The van der Waals surface area contributed by atoms with Crippen LogP contribution in [0.15, 0.2) is 18.2 Å². The van der Waals surface area contributed by atoms with Crippen LogP contribution in [0.3, 0.4) is 0 Å². The molecule has 1 unspecified atom stereocenters. The van der Waals surface area contributed by atoms with Gasteiger partial charge in [-0.15, -0.1) is 0 Å². The lowest BCUT2D eigenvalue weighted by atomic mass is 10.1. The Balaban J connectivity index is 2.72. The summed E-state index contributed by atoms with van der Waals surface area (Å²) in [6, 6.07) is 6.50. The molecule has 4 heteroatoms. The number of nitriles is 1. The first-order valence-corrected chi connectivity index (χ1v) is 5.71. The van der Waals surface area contributed by atoms with Gasteiger partial charge in [-0.25, -0.2) is 4.39 Å². The first kappa shape index (κ1) is 13.5. The van der Waals surface area contributed by atoms with Crippen molar-refractivity contribution in [3.05, 3.63) is 29.6 Å². The van der Waals surface area contributed by atoms with Crippen LogP contribution >= 0.6 is 0 Å². The summed E-state index contributed by atoms with van der Waals surface area (Å²) in [4.78, 5) is 0. The number of hydrogen-bond donors (Lipinski definition) is 1. The topological polar surface area (TPSA) is 45.0 Å². The molecule has 0 fully saturated rings. The number of ether oxygens (including phenoxy) is 1. The molecule has 1 rings (SSSR count). The zero-order chi connectivity index (χ0) is 12.7. The Morgan fingerprint density at radius 2 is 2.29 bits per heavy atom. The molecule has 0 aromatic heterocycles. The Bertz CT molecular complexity index is 401. The third kappa shape index (κ3) is 4.04. The summed E-state index contributed by atoms with van der Waals surface area (Å²) >= 11 is 0. The van der Waals surface area contributed by atoms with Crippen molar-refractivity contribution in [3.63, 3.8) is 0 Å². The van der Waals surface area contributed by atoms with Crippen molar-refractivity contribution in [3.8, 4) is 11.8 Å². The Morgan fingerprint density at radius 1 is 1.53 bits per heavy atom. The van der Waals surface area contributed by atoms with Gasteiger partial charge < -0.3 is 10.1 Å². The van der Waals surface area contributed by atoms with Gasteiger partial charge in [-0.05, 0) is 26.0 Å². The lowest BCUT2D eigenvalue weighted by Crippen LogP contribution is -2.20. The van der Waals surface area contributed by atoms with E-state index in [4.69, 9.17) is 10.00 Å². The largest absolute Gasteiger partial charge is 0.479 e. The monoisotopic (exact) mass is 236 g/mol. The van der Waals surface area contributed by atoms with Gasteiger partial charge in [0.15, 0.2) is 6.61 Å². The van der Waals surface area contributed by atoms with Crippen LogP contribution in [0.4, 0.5) is 4.39 Å². The molecular weight excluding hydrogens is 219 g/mol. The molecule has 1 atom stereocenters. The fraction of sp³-hybridized carbons (Fsp3) is 0.462. The highest BCUT2D eigenvalue weighted by Gasteiger charge is 2.10. The van der Waals surface area contributed by atoms with Crippen molar-refractivity contribution >= 4 is 0 Å². The van der Waals surface area contributed by atoms with Gasteiger partial charge in [0.2, 0.25) is 0 Å². The standard InChI is InChI=1S/C13H17FN2O/c1-3-7-16-10(2)12-5-4-11(9-13(12)14)17-8-6-15/h4-5,9-10,16H,3,7-8H2,1-2H3. The van der Waals surface area contributed by atoms with Crippen LogP contribution in [0.5, 0.6) is 5.75 Å². The molecular formula is C13H17FN2O. The number of nitrogens with one attached hydrogen (secondary N) is 1. The highest BCUT2D eigenvalue weighted by atomic mass is 19.1. The van der Waals surface area contributed by atoms with Crippen molar-refractivity contribution in [1.29, 1.82) is 5.26 Å². The highest BCUT2D eigenvalue weighted by molar-refractivity contribution is 5.30. The van der Waals surface area contributed by atoms with Crippen molar-refractivity contribution in [2.75, 3.05) is 13.2 Å². The summed E-state index contributed by atoms with van der Waals surface area (Å²) in [5.74, 6) is 0.0760. The molecule has 0 heterocycles. The van der Waals surface area contributed by atoms with Crippen LogP contribution in [-0.2, 0) is 0 Å². The molecule has 0 aliphatic carbocycles. The average Bonchev–Trinajstić information content (AvgIpc) is 2.33. The second-order valence-electron chi connectivity index (χ2n) is 3.81. The third-order valence-electron chi connectivity index (χ3n) is 2.44. The summed E-state index contributed by atoms with van der Waals surface area (Å²) in [5, 5.41) is 11.6. The number of rotatable bonds is 6. The van der Waals surface area contributed by atoms with Gasteiger partial charge in [-0.2, -0.15) is 5.26 Å². The van der Waals surface area contributed by atoms with Crippen molar-refractivity contribution in [2.45, 2.75) is 26.3 Å². The second kappa shape index (κ2) is 6.87. The maximum Gasteiger partial charge on any atom is 0.174 e. The van der Waals surface area contributed by atoms with Crippen LogP contribution < -0.4 is 10.1 Å². The molecule has 0 amide bonds. The van der Waals surface area contributed by atoms with E-state index in [2.05, 4.69) is 12.2 Å². The molecule has 3 nitrogen and oxygen atoms in total. The van der Waals surface area contributed by atoms with Gasteiger partial charge in [0.1, 0.15) is 17.6 Å². The Labute approximate surface area is 101 Å². The zero-order valence-electron chi connectivity index (χ0n) is 10.2. The van der Waals surface area contributed by atoms with E-state index in [1.165, 1.54) is 6.07 Å². The summed E-state index contributed by atoms with van der Waals surface area (Å²) in [5.41, 5.74) is 0.614. The minimum absolute atomic E-state index is 0.0278. The van der Waals surface area contributed by atoms with E-state index in [0.29, 0.717) is 11.3 Å². The Morgan fingerprint density at radius 3 is 2.88 bits per heavy atom. The molecule has 0 bridgehead atoms. The molecule has 0 aliphatic heterocycles. The van der Waals surface area contributed by atoms with E-state index < -0.39 is 0 Å². The van der Waals surface area contributed by atoms with Crippen LogP contribution in [0.25, 0.3) is 0 Å². The van der Waals surface area contributed by atoms with Gasteiger partial charge in [0.25, 0.3) is 0 Å². The van der Waals surface area contributed by atoms with E-state index in [1.54, 1.807) is 12.1 Å². The fourth-order valence-corrected chi connectivity index (χ4v) is 1.54. The van der Waals surface area contributed by atoms with Crippen LogP contribution in [0.1, 0.15) is 31.9 Å². The Kier molecular flexibility index (Phi) is 5.44. The first-order chi connectivity index (χ1) is 8.19. The second-order valence-corrected chi connectivity index (χ2v) is 3.81. The van der Waals surface area contributed by atoms with Crippen molar-refractivity contribution < 1.29 is 9.13 Å². The average molecular weight is 236 g/mol. The molecule has 0 spiro atoms. The third-order valence-corrected chi connectivity index (χ3v) is 2.44. The van der Waals surface area contributed by atoms with Crippen molar-refractivity contribution in [2.24, 2.45) is 0 Å². The quantitative estimate of drug-likeness (QED) is 0.826. The van der Waals surface area contributed by atoms with E-state index >= 15 is 0 Å². The number of nitrogens with zero attached hydrogens (tertiary/aromatic N) is 1. The number of halogens is 1. The van der Waals surface area contributed by atoms with Crippen molar-refractivity contribution in [1.82, 2.24) is 5.32 Å².